The second kappa shape index (κ2) is 108. The van der Waals surface area contributed by atoms with Crippen LogP contribution < -0.4 is 131 Å². The first-order valence-electron chi connectivity index (χ1n) is 0. The molecule has 0 rings (SSSR count). The minimum Gasteiger partial charge on any atom is -1.00 e. The van der Waals surface area contributed by atoms with E-state index < -0.39 is 0 Å². The molecule has 0 aliphatic rings. The third kappa shape index (κ3) is 88.5. The first kappa shape index (κ1) is 142. The first-order valence-corrected chi connectivity index (χ1v) is 0. The first-order chi connectivity index (χ1) is 0. The van der Waals surface area contributed by atoms with Gasteiger partial charge in [-0.1, -0.05) is 0 Å². The van der Waals surface area contributed by atoms with Crippen molar-refractivity contribution in [2.75, 3.05) is 0 Å². The Balaban J connectivity index is 0. The quantitative estimate of drug-likeness (QED) is 0.296. The molecule has 0 aliphatic carbocycles. The molecule has 0 heterocycles. The fourth-order valence-electron chi connectivity index (χ4n) is 0. The summed E-state index contributed by atoms with van der Waals surface area (Å²) in [5, 5.41) is 0. The van der Waals surface area contributed by atoms with Crippen molar-refractivity contribution >= 4 is 0 Å². The maximum absolute atomic E-state index is 0. The van der Waals surface area contributed by atoms with Crippen LogP contribution in [-0.2, 0) is 16.5 Å². The SMILES string of the molecule is [F-].[F-].[F-].[F-].[F-].[F-].[K+].[K+].[Ni]. The molecule has 0 aliphatic heterocycles. The van der Waals surface area contributed by atoms with Gasteiger partial charge < -0.3 is 28.2 Å². The molecular formula is F6K2Ni-4. The molecule has 0 bridgehead atoms. The topological polar surface area (TPSA) is 0 Å². The van der Waals surface area contributed by atoms with E-state index in [4.69, 9.17) is 0 Å². The van der Waals surface area contributed by atoms with Gasteiger partial charge in [-0.2, -0.15) is 0 Å². The molecule has 0 nitrogen and oxygen atoms in total. The zero-order chi connectivity index (χ0) is 0. The van der Waals surface area contributed by atoms with Gasteiger partial charge in [-0.05, 0) is 0 Å². The van der Waals surface area contributed by atoms with Crippen molar-refractivity contribution in [3.05, 3.63) is 0 Å². The van der Waals surface area contributed by atoms with E-state index in [1.807, 2.05) is 0 Å². The molecule has 9 heavy (non-hydrogen) atoms. The Kier molecular flexibility index (Phi) is 1710. The Hall–Kier alpha value is 3.35. The maximum Gasteiger partial charge on any atom is 1.00 e. The molecule has 0 N–H and O–H groups in total. The van der Waals surface area contributed by atoms with E-state index in [-0.39, 0.29) is 147 Å². The summed E-state index contributed by atoms with van der Waals surface area (Å²) in [6.45, 7) is 0. The standard InChI is InChI=1S/6FH.2K.Ni/h6*1H;;;/q;;;;;;2*+1;/p-6. The summed E-state index contributed by atoms with van der Waals surface area (Å²) in [7, 11) is 0. The number of halogens is 6. The second-order valence-corrected chi connectivity index (χ2v) is 0. The Morgan fingerprint density at radius 1 is 0.333 bits per heavy atom. The minimum atomic E-state index is 0. The Morgan fingerprint density at radius 2 is 0.333 bits per heavy atom. The normalized spacial score (nSPS) is 0. The minimum absolute atomic E-state index is 0. The third-order valence-electron chi connectivity index (χ3n) is 0. The van der Waals surface area contributed by atoms with Crippen molar-refractivity contribution in [2.24, 2.45) is 0 Å². The van der Waals surface area contributed by atoms with Crippen LogP contribution in [0.5, 0.6) is 0 Å². The maximum atomic E-state index is 0. The monoisotopic (exact) mass is 250 g/mol. The molecule has 0 aromatic rings. The van der Waals surface area contributed by atoms with Gasteiger partial charge in [-0.25, -0.2) is 0 Å². The zero-order valence-electron chi connectivity index (χ0n) is 4.58. The molecule has 58 valence electrons. The van der Waals surface area contributed by atoms with Crippen LogP contribution in [0.4, 0.5) is 0 Å². The summed E-state index contributed by atoms with van der Waals surface area (Å²) >= 11 is 0. The van der Waals surface area contributed by atoms with Crippen molar-refractivity contribution in [2.45, 2.75) is 0 Å². The van der Waals surface area contributed by atoms with Gasteiger partial charge in [-0.3, -0.25) is 0 Å². The van der Waals surface area contributed by atoms with Crippen molar-refractivity contribution in [3.8, 4) is 0 Å². The summed E-state index contributed by atoms with van der Waals surface area (Å²) in [6.07, 6.45) is 0. The Labute approximate surface area is 144 Å². The molecule has 0 aromatic carbocycles. The largest absolute Gasteiger partial charge is 1.00 e. The van der Waals surface area contributed by atoms with E-state index in [9.17, 15) is 0 Å². The molecule has 0 saturated carbocycles. The van der Waals surface area contributed by atoms with Gasteiger partial charge in [0, 0.05) is 16.5 Å². The predicted molar refractivity (Wildman–Crippen MR) is 0 cm³/mol. The zero-order valence-corrected chi connectivity index (χ0v) is 11.8. The molecule has 0 spiro atoms. The molecule has 0 atom stereocenters. The molecule has 0 amide bonds. The Bertz CT molecular complexity index is 11.0. The fraction of sp³-hybridized carbons (Fsp3) is 0. The molecule has 0 fully saturated rings. The summed E-state index contributed by atoms with van der Waals surface area (Å²) in [6, 6.07) is 0. The van der Waals surface area contributed by atoms with Crippen molar-refractivity contribution < 1.29 is 147 Å². The van der Waals surface area contributed by atoms with Gasteiger partial charge in [0.1, 0.15) is 0 Å². The van der Waals surface area contributed by atoms with Crippen LogP contribution in [0.15, 0.2) is 0 Å². The van der Waals surface area contributed by atoms with Crippen molar-refractivity contribution in [1.82, 2.24) is 0 Å². The Morgan fingerprint density at radius 3 is 0.333 bits per heavy atom. The van der Waals surface area contributed by atoms with Crippen LogP contribution in [0, 0.1) is 0 Å². The number of hydrogen-bond donors (Lipinski definition) is 0. The van der Waals surface area contributed by atoms with E-state index in [0.29, 0.717) is 0 Å². The average molecular weight is 251 g/mol. The van der Waals surface area contributed by atoms with Gasteiger partial charge in [0.25, 0.3) is 0 Å². The number of rotatable bonds is 0. The number of hydrogen-bond acceptors (Lipinski definition) is 0. The van der Waals surface area contributed by atoms with Crippen LogP contribution in [0.3, 0.4) is 0 Å². The van der Waals surface area contributed by atoms with Crippen LogP contribution >= 0.6 is 0 Å². The van der Waals surface area contributed by atoms with E-state index in [0.717, 1.165) is 0 Å². The van der Waals surface area contributed by atoms with E-state index in [1.165, 1.54) is 0 Å². The van der Waals surface area contributed by atoms with Crippen LogP contribution in [0.1, 0.15) is 0 Å². The predicted octanol–water partition coefficient (Wildman–Crippen LogP) is -24.0. The third-order valence-corrected chi connectivity index (χ3v) is 0. The molecular weight excluding hydrogens is 251 g/mol. The van der Waals surface area contributed by atoms with E-state index in [2.05, 4.69) is 0 Å². The molecule has 0 radical (unpaired) electrons. The van der Waals surface area contributed by atoms with E-state index in [1.54, 1.807) is 0 Å². The smallest absolute Gasteiger partial charge is 1.00 e. The van der Waals surface area contributed by atoms with Crippen LogP contribution in [0.25, 0.3) is 0 Å². The van der Waals surface area contributed by atoms with Gasteiger partial charge in [0.2, 0.25) is 0 Å². The van der Waals surface area contributed by atoms with Crippen molar-refractivity contribution in [3.63, 3.8) is 0 Å². The van der Waals surface area contributed by atoms with Gasteiger partial charge in [0.15, 0.2) is 0 Å². The van der Waals surface area contributed by atoms with Gasteiger partial charge >= 0.3 is 103 Å². The average Bonchev–Trinajstić information content (AvgIpc) is 0. The molecule has 0 aromatic heterocycles. The summed E-state index contributed by atoms with van der Waals surface area (Å²) in [5.41, 5.74) is 0. The molecule has 0 unspecified atom stereocenters. The summed E-state index contributed by atoms with van der Waals surface area (Å²) in [4.78, 5) is 0. The van der Waals surface area contributed by atoms with Gasteiger partial charge in [-0.15, -0.1) is 0 Å². The van der Waals surface area contributed by atoms with Gasteiger partial charge in [0.05, 0.1) is 0 Å². The van der Waals surface area contributed by atoms with Crippen LogP contribution in [-0.4, -0.2) is 0 Å². The second-order valence-electron chi connectivity index (χ2n) is 0. The molecule has 0 saturated heterocycles. The van der Waals surface area contributed by atoms with E-state index >= 15 is 0 Å². The fourth-order valence-corrected chi connectivity index (χ4v) is 0. The summed E-state index contributed by atoms with van der Waals surface area (Å²) in [5.74, 6) is 0. The summed E-state index contributed by atoms with van der Waals surface area (Å²) < 4.78 is 0. The molecule has 9 heteroatoms. The van der Waals surface area contributed by atoms with Crippen molar-refractivity contribution in [1.29, 1.82) is 0 Å². The van der Waals surface area contributed by atoms with Crippen LogP contribution in [0.2, 0.25) is 0 Å².